The van der Waals surface area contributed by atoms with Gasteiger partial charge in [0.1, 0.15) is 6.29 Å². The van der Waals surface area contributed by atoms with Gasteiger partial charge in [0.2, 0.25) is 0 Å². The minimum Gasteiger partial charge on any atom is -0.335 e. The highest BCUT2D eigenvalue weighted by Crippen LogP contribution is 2.14. The lowest BCUT2D eigenvalue weighted by Crippen LogP contribution is -2.38. The minimum absolute atomic E-state index is 0.0855. The van der Waals surface area contributed by atoms with Crippen molar-refractivity contribution in [3.8, 4) is 0 Å². The first-order chi connectivity index (χ1) is 11.3. The number of aldehydes is 1. The molecule has 0 unspecified atom stereocenters. The number of nitrogens with one attached hydrogen (secondary N) is 3. The van der Waals surface area contributed by atoms with Crippen molar-refractivity contribution in [1.82, 2.24) is 10.6 Å². The first kappa shape index (κ1) is 21.6. The SMILES string of the molecule is C=C(C)/C(C=O)=C\C(=C/CC)C(=N)/C(C)=C/NC(=O)N[C@H](C)CC. The Hall–Kier alpha value is -2.43. The molecule has 5 nitrogen and oxygen atoms in total. The van der Waals surface area contributed by atoms with Gasteiger partial charge in [-0.25, -0.2) is 4.79 Å². The van der Waals surface area contributed by atoms with Crippen LogP contribution in [0.4, 0.5) is 4.79 Å². The Kier molecular flexibility index (Phi) is 10.0. The summed E-state index contributed by atoms with van der Waals surface area (Å²) in [5.74, 6) is 0. The predicted octanol–water partition coefficient (Wildman–Crippen LogP) is 4.05. The van der Waals surface area contributed by atoms with Crippen LogP contribution < -0.4 is 10.6 Å². The molecule has 0 aliphatic heterocycles. The van der Waals surface area contributed by atoms with Crippen LogP contribution in [0, 0.1) is 5.41 Å². The molecule has 0 saturated carbocycles. The Labute approximate surface area is 145 Å². The van der Waals surface area contributed by atoms with Crippen molar-refractivity contribution in [2.75, 3.05) is 0 Å². The Morgan fingerprint density at radius 3 is 2.33 bits per heavy atom. The van der Waals surface area contributed by atoms with Gasteiger partial charge >= 0.3 is 6.03 Å². The van der Waals surface area contributed by atoms with Crippen LogP contribution in [-0.2, 0) is 4.79 Å². The standard InChI is InChI=1S/C19H29N3O2/c1-7-9-16(10-17(12-23)13(3)4)18(20)14(5)11-21-19(24)22-15(6)8-2/h9-12,15,20H,3,7-8H2,1-2,4-6H3,(H2,21,22,24)/b14-11+,16-9+,17-10-,20-18?/t15-/m1/s1. The number of hydrogen-bond acceptors (Lipinski definition) is 3. The van der Waals surface area contributed by atoms with Gasteiger partial charge in [0.05, 0.1) is 5.71 Å². The summed E-state index contributed by atoms with van der Waals surface area (Å²) in [6, 6.07) is -0.217. The Morgan fingerprint density at radius 1 is 1.25 bits per heavy atom. The second-order valence-electron chi connectivity index (χ2n) is 5.70. The highest BCUT2D eigenvalue weighted by atomic mass is 16.2. The molecule has 132 valence electrons. The summed E-state index contributed by atoms with van der Waals surface area (Å²) in [6.07, 6.45) is 7.32. The van der Waals surface area contributed by atoms with E-state index in [-0.39, 0.29) is 17.8 Å². The molecular formula is C19H29N3O2. The zero-order valence-corrected chi connectivity index (χ0v) is 15.3. The van der Waals surface area contributed by atoms with E-state index in [0.717, 1.165) is 19.1 Å². The summed E-state index contributed by atoms with van der Waals surface area (Å²) < 4.78 is 0. The highest BCUT2D eigenvalue weighted by molar-refractivity contribution is 6.12. The molecule has 0 bridgehead atoms. The number of hydrogen-bond donors (Lipinski definition) is 3. The van der Waals surface area contributed by atoms with E-state index in [1.54, 1.807) is 19.9 Å². The number of rotatable bonds is 9. The molecule has 3 N–H and O–H groups in total. The van der Waals surface area contributed by atoms with Gasteiger partial charge in [-0.15, -0.1) is 0 Å². The van der Waals surface area contributed by atoms with E-state index in [2.05, 4.69) is 17.2 Å². The average molecular weight is 331 g/mol. The summed E-state index contributed by atoms with van der Waals surface area (Å²) in [5, 5.41) is 13.7. The monoisotopic (exact) mass is 331 g/mol. The molecule has 0 aliphatic rings. The van der Waals surface area contributed by atoms with Gasteiger partial charge in [-0.1, -0.05) is 26.5 Å². The topological polar surface area (TPSA) is 82.1 Å². The maximum Gasteiger partial charge on any atom is 0.318 e. The van der Waals surface area contributed by atoms with Crippen LogP contribution in [0.25, 0.3) is 0 Å². The van der Waals surface area contributed by atoms with Crippen LogP contribution in [-0.4, -0.2) is 24.1 Å². The molecule has 0 saturated heterocycles. The van der Waals surface area contributed by atoms with Crippen LogP contribution in [0.2, 0.25) is 0 Å². The van der Waals surface area contributed by atoms with Crippen molar-refractivity contribution in [1.29, 1.82) is 5.41 Å². The van der Waals surface area contributed by atoms with Gasteiger partial charge in [0, 0.05) is 17.8 Å². The van der Waals surface area contributed by atoms with Gasteiger partial charge in [-0.2, -0.15) is 0 Å². The number of amides is 2. The van der Waals surface area contributed by atoms with E-state index in [4.69, 9.17) is 5.41 Å². The maximum absolute atomic E-state index is 11.7. The van der Waals surface area contributed by atoms with E-state index in [1.165, 1.54) is 6.20 Å². The molecule has 2 amide bonds. The van der Waals surface area contributed by atoms with Crippen molar-refractivity contribution in [2.45, 2.75) is 53.5 Å². The van der Waals surface area contributed by atoms with Crippen molar-refractivity contribution in [3.05, 3.63) is 47.2 Å². The lowest BCUT2D eigenvalue weighted by molar-refractivity contribution is -0.104. The summed E-state index contributed by atoms with van der Waals surface area (Å²) in [7, 11) is 0. The molecule has 0 aromatic rings. The van der Waals surface area contributed by atoms with Crippen LogP contribution >= 0.6 is 0 Å². The lowest BCUT2D eigenvalue weighted by atomic mass is 9.99. The third kappa shape index (κ3) is 7.72. The smallest absolute Gasteiger partial charge is 0.318 e. The average Bonchev–Trinajstić information content (AvgIpc) is 2.55. The second-order valence-corrected chi connectivity index (χ2v) is 5.70. The summed E-state index contributed by atoms with van der Waals surface area (Å²) in [5.41, 5.74) is 2.57. The van der Waals surface area contributed by atoms with Gasteiger partial charge in [-0.05, 0) is 56.4 Å². The third-order valence-electron chi connectivity index (χ3n) is 3.45. The Morgan fingerprint density at radius 2 is 1.88 bits per heavy atom. The second kappa shape index (κ2) is 11.2. The number of carbonyl (C=O) groups is 2. The fourth-order valence-electron chi connectivity index (χ4n) is 1.72. The molecule has 0 rings (SSSR count). The lowest BCUT2D eigenvalue weighted by Gasteiger charge is -2.12. The normalized spacial score (nSPS) is 14.0. The molecule has 0 spiro atoms. The van der Waals surface area contributed by atoms with E-state index in [0.29, 0.717) is 22.3 Å². The van der Waals surface area contributed by atoms with Gasteiger partial charge < -0.3 is 10.6 Å². The molecule has 1 atom stereocenters. The highest BCUT2D eigenvalue weighted by Gasteiger charge is 2.08. The van der Waals surface area contributed by atoms with Gasteiger partial charge in [0.25, 0.3) is 0 Å². The van der Waals surface area contributed by atoms with Gasteiger partial charge in [0.15, 0.2) is 0 Å². The molecule has 0 heterocycles. The van der Waals surface area contributed by atoms with Crippen LogP contribution in [0.1, 0.15) is 47.5 Å². The molecule has 0 aromatic heterocycles. The van der Waals surface area contributed by atoms with Gasteiger partial charge in [-0.3, -0.25) is 10.2 Å². The molecule has 0 radical (unpaired) electrons. The molecular weight excluding hydrogens is 302 g/mol. The minimum atomic E-state index is -0.302. The van der Waals surface area contributed by atoms with Crippen LogP contribution in [0.15, 0.2) is 47.2 Å². The molecule has 0 aliphatic carbocycles. The maximum atomic E-state index is 11.7. The number of carbonyl (C=O) groups excluding carboxylic acids is 2. The Balaban J connectivity index is 5.21. The van der Waals surface area contributed by atoms with E-state index in [9.17, 15) is 9.59 Å². The number of urea groups is 1. The molecule has 24 heavy (non-hydrogen) atoms. The zero-order chi connectivity index (χ0) is 18.7. The van der Waals surface area contributed by atoms with Crippen molar-refractivity contribution < 1.29 is 9.59 Å². The molecule has 0 aromatic carbocycles. The Bertz CT molecular complexity index is 583. The summed E-state index contributed by atoms with van der Waals surface area (Å²) in [4.78, 5) is 22.8. The van der Waals surface area contributed by atoms with Crippen LogP contribution in [0.3, 0.4) is 0 Å². The quantitative estimate of drug-likeness (QED) is 0.258. The van der Waals surface area contributed by atoms with Crippen molar-refractivity contribution in [3.63, 3.8) is 0 Å². The van der Waals surface area contributed by atoms with E-state index < -0.39 is 0 Å². The van der Waals surface area contributed by atoms with Crippen molar-refractivity contribution >= 4 is 18.0 Å². The first-order valence-corrected chi connectivity index (χ1v) is 8.12. The zero-order valence-electron chi connectivity index (χ0n) is 15.3. The molecule has 5 heteroatoms. The third-order valence-corrected chi connectivity index (χ3v) is 3.45. The summed E-state index contributed by atoms with van der Waals surface area (Å²) >= 11 is 0. The van der Waals surface area contributed by atoms with E-state index >= 15 is 0 Å². The summed E-state index contributed by atoms with van der Waals surface area (Å²) in [6.45, 7) is 13.1. The fourth-order valence-corrected chi connectivity index (χ4v) is 1.72. The van der Waals surface area contributed by atoms with Crippen molar-refractivity contribution in [2.24, 2.45) is 0 Å². The first-order valence-electron chi connectivity index (χ1n) is 8.12. The van der Waals surface area contributed by atoms with Crippen LogP contribution in [0.5, 0.6) is 0 Å². The number of allylic oxidation sites excluding steroid dienone is 6. The van der Waals surface area contributed by atoms with E-state index in [1.807, 2.05) is 26.8 Å². The largest absolute Gasteiger partial charge is 0.335 e. The molecule has 0 fully saturated rings. The predicted molar refractivity (Wildman–Crippen MR) is 100 cm³/mol. The fraction of sp³-hybridized carbons (Fsp3) is 0.421.